The van der Waals surface area contributed by atoms with Gasteiger partial charge in [-0.3, -0.25) is 4.90 Å². The Morgan fingerprint density at radius 2 is 1.90 bits per heavy atom. The van der Waals surface area contributed by atoms with Crippen LogP contribution in [0, 0.1) is 12.7 Å². The summed E-state index contributed by atoms with van der Waals surface area (Å²) in [6.45, 7) is 4.58. The van der Waals surface area contributed by atoms with Crippen LogP contribution < -0.4 is 5.73 Å². The summed E-state index contributed by atoms with van der Waals surface area (Å²) < 4.78 is 13.4. The van der Waals surface area contributed by atoms with Crippen molar-refractivity contribution in [3.05, 3.63) is 71.0 Å². The monoisotopic (exact) mass is 284 g/mol. The van der Waals surface area contributed by atoms with Gasteiger partial charge in [0.25, 0.3) is 0 Å². The number of aryl methyl sites for hydroxylation is 1. The van der Waals surface area contributed by atoms with Crippen LogP contribution in [0.25, 0.3) is 0 Å². The number of halogens is 1. The van der Waals surface area contributed by atoms with Crippen molar-refractivity contribution in [2.45, 2.75) is 25.4 Å². The van der Waals surface area contributed by atoms with Crippen molar-refractivity contribution < 1.29 is 4.39 Å². The van der Waals surface area contributed by atoms with Gasteiger partial charge in [-0.1, -0.05) is 36.4 Å². The molecule has 110 valence electrons. The Morgan fingerprint density at radius 3 is 2.67 bits per heavy atom. The normalized spacial score (nSPS) is 22.6. The highest BCUT2D eigenvalue weighted by molar-refractivity contribution is 5.28. The minimum atomic E-state index is -0.168. The van der Waals surface area contributed by atoms with Gasteiger partial charge in [0.05, 0.1) is 0 Å². The average Bonchev–Trinajstić information content (AvgIpc) is 2.84. The third-order valence-electron chi connectivity index (χ3n) is 4.37. The minimum absolute atomic E-state index is 0.140. The zero-order valence-electron chi connectivity index (χ0n) is 12.3. The lowest BCUT2D eigenvalue weighted by Gasteiger charge is -2.17. The quantitative estimate of drug-likeness (QED) is 0.938. The predicted molar refractivity (Wildman–Crippen MR) is 83.6 cm³/mol. The summed E-state index contributed by atoms with van der Waals surface area (Å²) in [5.41, 5.74) is 9.79. The molecule has 2 nitrogen and oxygen atoms in total. The van der Waals surface area contributed by atoms with Gasteiger partial charge in [0, 0.05) is 31.6 Å². The van der Waals surface area contributed by atoms with Gasteiger partial charge in [0.2, 0.25) is 0 Å². The molecule has 0 spiro atoms. The lowest BCUT2D eigenvalue weighted by molar-refractivity contribution is 0.322. The van der Waals surface area contributed by atoms with Crippen LogP contribution in [0.5, 0.6) is 0 Å². The first kappa shape index (κ1) is 14.2. The molecule has 0 unspecified atom stereocenters. The molecule has 0 radical (unpaired) electrons. The second-order valence-electron chi connectivity index (χ2n) is 5.95. The Balaban J connectivity index is 1.73. The van der Waals surface area contributed by atoms with Gasteiger partial charge in [0.1, 0.15) is 5.82 Å². The molecule has 1 saturated heterocycles. The number of hydrogen-bond donors (Lipinski definition) is 1. The predicted octanol–water partition coefficient (Wildman–Crippen LogP) is 3.06. The summed E-state index contributed by atoms with van der Waals surface area (Å²) in [6, 6.07) is 15.6. The Hall–Kier alpha value is -1.71. The molecule has 1 fully saturated rings. The number of nitrogens with two attached hydrogens (primary N) is 1. The van der Waals surface area contributed by atoms with E-state index >= 15 is 0 Å². The van der Waals surface area contributed by atoms with Crippen molar-refractivity contribution in [2.75, 3.05) is 13.1 Å². The highest BCUT2D eigenvalue weighted by Crippen LogP contribution is 2.27. The molecule has 2 aromatic rings. The third kappa shape index (κ3) is 3.14. The first-order chi connectivity index (χ1) is 10.1. The average molecular weight is 284 g/mol. The van der Waals surface area contributed by atoms with Crippen LogP contribution in [0.1, 0.15) is 22.6 Å². The Kier molecular flexibility index (Phi) is 4.04. The maximum Gasteiger partial charge on any atom is 0.123 e. The summed E-state index contributed by atoms with van der Waals surface area (Å²) in [5, 5.41) is 0. The molecular weight excluding hydrogens is 263 g/mol. The highest BCUT2D eigenvalue weighted by atomic mass is 19.1. The second-order valence-corrected chi connectivity index (χ2v) is 5.95. The number of benzene rings is 2. The lowest BCUT2D eigenvalue weighted by atomic mass is 9.95. The van der Waals surface area contributed by atoms with Crippen LogP contribution in [-0.4, -0.2) is 24.0 Å². The van der Waals surface area contributed by atoms with Gasteiger partial charge in [0.15, 0.2) is 0 Å². The Labute approximate surface area is 125 Å². The van der Waals surface area contributed by atoms with Crippen LogP contribution >= 0.6 is 0 Å². The van der Waals surface area contributed by atoms with E-state index in [-0.39, 0.29) is 11.9 Å². The van der Waals surface area contributed by atoms with Crippen LogP contribution in [-0.2, 0) is 6.54 Å². The van der Waals surface area contributed by atoms with Crippen LogP contribution in [0.4, 0.5) is 4.39 Å². The number of rotatable bonds is 3. The summed E-state index contributed by atoms with van der Waals surface area (Å²) in [6.07, 6.45) is 0. The van der Waals surface area contributed by atoms with E-state index in [9.17, 15) is 4.39 Å². The van der Waals surface area contributed by atoms with E-state index in [1.807, 2.05) is 19.1 Å². The van der Waals surface area contributed by atoms with E-state index in [0.29, 0.717) is 5.92 Å². The molecule has 3 heteroatoms. The third-order valence-corrected chi connectivity index (χ3v) is 4.37. The van der Waals surface area contributed by atoms with Gasteiger partial charge in [-0.05, 0) is 35.7 Å². The van der Waals surface area contributed by atoms with Gasteiger partial charge in [-0.25, -0.2) is 4.39 Å². The fourth-order valence-corrected chi connectivity index (χ4v) is 3.15. The van der Waals surface area contributed by atoms with E-state index in [4.69, 9.17) is 5.73 Å². The largest absolute Gasteiger partial charge is 0.326 e. The molecule has 1 aliphatic rings. The van der Waals surface area contributed by atoms with Gasteiger partial charge < -0.3 is 5.73 Å². The van der Waals surface area contributed by atoms with Crippen LogP contribution in [0.2, 0.25) is 0 Å². The number of hydrogen-bond acceptors (Lipinski definition) is 2. The molecule has 0 aromatic heterocycles. The Bertz CT molecular complexity index is 612. The number of nitrogens with zero attached hydrogens (tertiary/aromatic N) is 1. The standard InChI is InChI=1S/C18H21FN2/c1-13-7-8-16(19)9-15(13)10-21-11-17(18(20)12-21)14-5-3-2-4-6-14/h2-9,17-18H,10-12,20H2,1H3/t17-,18+/m0/s1. The summed E-state index contributed by atoms with van der Waals surface area (Å²) in [4.78, 5) is 2.32. The molecule has 0 saturated carbocycles. The van der Waals surface area contributed by atoms with E-state index in [0.717, 1.165) is 30.8 Å². The molecule has 1 heterocycles. The molecule has 1 aliphatic heterocycles. The fourth-order valence-electron chi connectivity index (χ4n) is 3.15. The van der Waals surface area contributed by atoms with Crippen molar-refractivity contribution in [1.29, 1.82) is 0 Å². The summed E-state index contributed by atoms with van der Waals surface area (Å²) >= 11 is 0. The Morgan fingerprint density at radius 1 is 1.14 bits per heavy atom. The maximum absolute atomic E-state index is 13.4. The van der Waals surface area contributed by atoms with Gasteiger partial charge >= 0.3 is 0 Å². The molecular formula is C18H21FN2. The molecule has 0 aliphatic carbocycles. The summed E-state index contributed by atoms with van der Waals surface area (Å²) in [5.74, 6) is 0.193. The molecule has 21 heavy (non-hydrogen) atoms. The molecule has 3 rings (SSSR count). The topological polar surface area (TPSA) is 29.3 Å². The van der Waals surface area contributed by atoms with E-state index in [1.54, 1.807) is 6.07 Å². The van der Waals surface area contributed by atoms with E-state index in [1.165, 1.54) is 11.6 Å². The van der Waals surface area contributed by atoms with Crippen molar-refractivity contribution in [1.82, 2.24) is 4.90 Å². The second kappa shape index (κ2) is 5.96. The smallest absolute Gasteiger partial charge is 0.123 e. The number of likely N-dealkylation sites (tertiary alicyclic amines) is 1. The lowest BCUT2D eigenvalue weighted by Crippen LogP contribution is -2.28. The zero-order valence-corrected chi connectivity index (χ0v) is 12.3. The van der Waals surface area contributed by atoms with Gasteiger partial charge in [-0.15, -0.1) is 0 Å². The molecule has 2 atom stereocenters. The fraction of sp³-hybridized carbons (Fsp3) is 0.333. The zero-order chi connectivity index (χ0) is 14.8. The highest BCUT2D eigenvalue weighted by Gasteiger charge is 2.31. The van der Waals surface area contributed by atoms with Gasteiger partial charge in [-0.2, -0.15) is 0 Å². The molecule has 0 amide bonds. The van der Waals surface area contributed by atoms with Crippen molar-refractivity contribution in [3.63, 3.8) is 0 Å². The van der Waals surface area contributed by atoms with Crippen LogP contribution in [0.3, 0.4) is 0 Å². The first-order valence-corrected chi connectivity index (χ1v) is 7.41. The molecule has 0 bridgehead atoms. The van der Waals surface area contributed by atoms with E-state index < -0.39 is 0 Å². The van der Waals surface area contributed by atoms with Crippen molar-refractivity contribution >= 4 is 0 Å². The van der Waals surface area contributed by atoms with E-state index in [2.05, 4.69) is 29.2 Å². The summed E-state index contributed by atoms with van der Waals surface area (Å²) in [7, 11) is 0. The van der Waals surface area contributed by atoms with Crippen molar-refractivity contribution in [2.24, 2.45) is 5.73 Å². The maximum atomic E-state index is 13.4. The molecule has 2 aromatic carbocycles. The molecule has 2 N–H and O–H groups in total. The van der Waals surface area contributed by atoms with Crippen LogP contribution in [0.15, 0.2) is 48.5 Å². The first-order valence-electron chi connectivity index (χ1n) is 7.41. The SMILES string of the molecule is Cc1ccc(F)cc1CN1C[C@@H](N)[C@H](c2ccccc2)C1. The van der Waals surface area contributed by atoms with Crippen molar-refractivity contribution in [3.8, 4) is 0 Å². The minimum Gasteiger partial charge on any atom is -0.326 e.